The maximum atomic E-state index is 12.9. The third-order valence-corrected chi connectivity index (χ3v) is 6.90. The summed E-state index contributed by atoms with van der Waals surface area (Å²) in [5, 5.41) is 10.7. The van der Waals surface area contributed by atoms with Crippen LogP contribution in [0.2, 0.25) is 0 Å². The van der Waals surface area contributed by atoms with Crippen molar-refractivity contribution in [2.24, 2.45) is 0 Å². The first-order valence-corrected chi connectivity index (χ1v) is 11.2. The van der Waals surface area contributed by atoms with Crippen molar-refractivity contribution in [3.63, 3.8) is 0 Å². The molecule has 0 radical (unpaired) electrons. The molecule has 2 aromatic rings. The van der Waals surface area contributed by atoms with E-state index in [9.17, 15) is 13.2 Å². The number of aromatic nitrogens is 3. The van der Waals surface area contributed by atoms with E-state index in [4.69, 9.17) is 4.84 Å². The summed E-state index contributed by atoms with van der Waals surface area (Å²) in [6.45, 7) is 4.85. The van der Waals surface area contributed by atoms with Gasteiger partial charge in [-0.3, -0.25) is 4.79 Å². The van der Waals surface area contributed by atoms with Gasteiger partial charge in [-0.1, -0.05) is 25.1 Å². The van der Waals surface area contributed by atoms with Gasteiger partial charge in [0.2, 0.25) is 10.0 Å². The Bertz CT molecular complexity index is 917. The summed E-state index contributed by atoms with van der Waals surface area (Å²) >= 11 is 0. The highest BCUT2D eigenvalue weighted by molar-refractivity contribution is 7.89. The first kappa shape index (κ1) is 20.5. The smallest absolute Gasteiger partial charge is 0.260 e. The van der Waals surface area contributed by atoms with Crippen LogP contribution in [0, 0.1) is 0 Å². The fourth-order valence-electron chi connectivity index (χ4n) is 3.27. The molecule has 9 nitrogen and oxygen atoms in total. The topological polar surface area (TPSA) is 106 Å². The number of piperidine rings is 1. The fraction of sp³-hybridized carbons (Fsp3) is 0.611. The molecule has 0 atom stereocenters. The van der Waals surface area contributed by atoms with E-state index < -0.39 is 10.0 Å². The van der Waals surface area contributed by atoms with Crippen molar-refractivity contribution in [2.45, 2.75) is 56.9 Å². The minimum Gasteiger partial charge on any atom is -0.385 e. The molecule has 0 saturated carbocycles. The second-order valence-corrected chi connectivity index (χ2v) is 8.87. The maximum Gasteiger partial charge on any atom is 0.260 e. The van der Waals surface area contributed by atoms with Gasteiger partial charge < -0.3 is 10.2 Å². The van der Waals surface area contributed by atoms with Crippen molar-refractivity contribution >= 4 is 27.0 Å². The molecule has 1 aliphatic rings. The molecule has 0 bridgehead atoms. The van der Waals surface area contributed by atoms with Crippen LogP contribution in [0.5, 0.6) is 0 Å². The molecule has 1 fully saturated rings. The summed E-state index contributed by atoms with van der Waals surface area (Å²) in [6.07, 6.45) is 4.47. The van der Waals surface area contributed by atoms with Gasteiger partial charge in [-0.15, -0.1) is 5.10 Å². The molecule has 1 N–H and O–H groups in total. The van der Waals surface area contributed by atoms with Crippen LogP contribution in [0.3, 0.4) is 0 Å². The van der Waals surface area contributed by atoms with Gasteiger partial charge in [0.15, 0.2) is 6.61 Å². The molecule has 1 aliphatic heterocycles. The lowest BCUT2D eigenvalue weighted by Gasteiger charge is -2.25. The van der Waals surface area contributed by atoms with Crippen LogP contribution in [-0.4, -0.2) is 59.5 Å². The molecule has 1 aromatic heterocycles. The molecule has 0 aliphatic carbocycles. The average molecular weight is 410 g/mol. The van der Waals surface area contributed by atoms with Crippen molar-refractivity contribution in [1.82, 2.24) is 24.8 Å². The van der Waals surface area contributed by atoms with Crippen molar-refractivity contribution < 1.29 is 18.0 Å². The molecule has 0 spiro atoms. The maximum absolute atomic E-state index is 12.9. The number of carbonyl (C=O) groups excluding carboxylic acids is 1. The number of hydrogen-bond donors (Lipinski definition) is 1. The molecule has 2 heterocycles. The number of sulfonamides is 1. The van der Waals surface area contributed by atoms with Crippen LogP contribution >= 0.6 is 0 Å². The van der Waals surface area contributed by atoms with Crippen LogP contribution in [-0.2, 0) is 14.8 Å². The molecular formula is C18H27N5O4S. The summed E-state index contributed by atoms with van der Waals surface area (Å²) in [5.41, 5.74) is 0.909. The van der Waals surface area contributed by atoms with Crippen molar-refractivity contribution in [1.29, 1.82) is 0 Å². The van der Waals surface area contributed by atoms with Gasteiger partial charge in [-0.05, 0) is 49.1 Å². The van der Waals surface area contributed by atoms with Gasteiger partial charge in [-0.25, -0.2) is 8.42 Å². The lowest BCUT2D eigenvalue weighted by atomic mass is 10.2. The molecule has 0 unspecified atom stereocenters. The van der Waals surface area contributed by atoms with E-state index in [2.05, 4.69) is 15.6 Å². The third-order valence-electron chi connectivity index (χ3n) is 5.01. The quantitative estimate of drug-likeness (QED) is 0.705. The largest absolute Gasteiger partial charge is 0.385 e. The number of fused-ring (bicyclic) bond motifs is 1. The molecule has 1 aromatic carbocycles. The summed E-state index contributed by atoms with van der Waals surface area (Å²) in [5.74, 6) is -0.255. The van der Waals surface area contributed by atoms with E-state index in [0.717, 1.165) is 36.9 Å². The molecular weight excluding hydrogens is 382 g/mol. The minimum absolute atomic E-state index is 0.102. The van der Waals surface area contributed by atoms with Gasteiger partial charge in [0, 0.05) is 19.1 Å². The summed E-state index contributed by atoms with van der Waals surface area (Å²) < 4.78 is 27.3. The van der Waals surface area contributed by atoms with Crippen molar-refractivity contribution in [2.75, 3.05) is 19.7 Å². The average Bonchev–Trinajstić information content (AvgIpc) is 3.13. The number of benzene rings is 1. The first-order valence-electron chi connectivity index (χ1n) is 9.74. The lowest BCUT2D eigenvalue weighted by molar-refractivity contribution is -0.127. The molecule has 28 heavy (non-hydrogen) atoms. The number of hydrogen-bond acceptors (Lipinski definition) is 6. The molecule has 10 heteroatoms. The summed E-state index contributed by atoms with van der Waals surface area (Å²) in [6, 6.07) is 4.73. The number of carbonyl (C=O) groups is 1. The number of nitrogens with zero attached hydrogens (tertiary/aromatic N) is 4. The predicted molar refractivity (Wildman–Crippen MR) is 104 cm³/mol. The number of amides is 1. The van der Waals surface area contributed by atoms with E-state index in [-0.39, 0.29) is 23.5 Å². The SMILES string of the molecule is CCC(CC)NC(=O)COn1nnc2ccc(S(=O)(=O)N3CCCCC3)cc21. The highest BCUT2D eigenvalue weighted by atomic mass is 32.2. The van der Waals surface area contributed by atoms with Gasteiger partial charge in [-0.2, -0.15) is 4.31 Å². The number of nitrogens with one attached hydrogen (secondary N) is 1. The zero-order valence-corrected chi connectivity index (χ0v) is 17.1. The fourth-order valence-corrected chi connectivity index (χ4v) is 4.81. The van der Waals surface area contributed by atoms with E-state index in [1.165, 1.54) is 16.4 Å². The second kappa shape index (κ2) is 8.87. The Balaban J connectivity index is 1.76. The Morgan fingerprint density at radius 3 is 2.61 bits per heavy atom. The van der Waals surface area contributed by atoms with Crippen LogP contribution in [0.4, 0.5) is 0 Å². The standard InChI is InChI=1S/C18H27N5O4S/c1-3-14(4-2)19-18(24)13-27-23-17-12-15(8-9-16(17)20-21-23)28(25,26)22-10-6-5-7-11-22/h8-9,12,14H,3-7,10-11,13H2,1-2H3,(H,19,24). The van der Waals surface area contributed by atoms with Gasteiger partial charge in [0.25, 0.3) is 5.91 Å². The Morgan fingerprint density at radius 2 is 1.93 bits per heavy atom. The van der Waals surface area contributed by atoms with Crippen LogP contribution in [0.15, 0.2) is 23.1 Å². The van der Waals surface area contributed by atoms with Crippen LogP contribution in [0.1, 0.15) is 46.0 Å². The van der Waals surface area contributed by atoms with E-state index >= 15 is 0 Å². The first-order chi connectivity index (χ1) is 13.5. The van der Waals surface area contributed by atoms with E-state index in [1.807, 2.05) is 13.8 Å². The summed E-state index contributed by atoms with van der Waals surface area (Å²) in [7, 11) is -3.57. The van der Waals surface area contributed by atoms with E-state index in [0.29, 0.717) is 24.1 Å². The Labute approximate surface area is 165 Å². The van der Waals surface area contributed by atoms with Gasteiger partial charge in [0.1, 0.15) is 11.0 Å². The van der Waals surface area contributed by atoms with Gasteiger partial charge in [0.05, 0.1) is 4.90 Å². The highest BCUT2D eigenvalue weighted by Crippen LogP contribution is 2.23. The Kier molecular flexibility index (Phi) is 6.50. The lowest BCUT2D eigenvalue weighted by Crippen LogP contribution is -2.38. The van der Waals surface area contributed by atoms with Gasteiger partial charge >= 0.3 is 0 Å². The second-order valence-electron chi connectivity index (χ2n) is 6.93. The van der Waals surface area contributed by atoms with Crippen LogP contribution in [0.25, 0.3) is 11.0 Å². The highest BCUT2D eigenvalue weighted by Gasteiger charge is 2.26. The number of rotatable bonds is 8. The third kappa shape index (κ3) is 4.44. The Morgan fingerprint density at radius 1 is 1.21 bits per heavy atom. The normalized spacial score (nSPS) is 15.8. The van der Waals surface area contributed by atoms with E-state index in [1.54, 1.807) is 6.07 Å². The van der Waals surface area contributed by atoms with Crippen molar-refractivity contribution in [3.05, 3.63) is 18.2 Å². The molecule has 154 valence electrons. The zero-order valence-electron chi connectivity index (χ0n) is 16.3. The molecule has 3 rings (SSSR count). The molecule has 1 amide bonds. The minimum atomic E-state index is -3.57. The van der Waals surface area contributed by atoms with Crippen molar-refractivity contribution in [3.8, 4) is 0 Å². The summed E-state index contributed by atoms with van der Waals surface area (Å²) in [4.78, 5) is 18.8. The zero-order chi connectivity index (χ0) is 20.1. The monoisotopic (exact) mass is 409 g/mol. The van der Waals surface area contributed by atoms with Crippen LogP contribution < -0.4 is 10.2 Å². The Hall–Kier alpha value is -2.20. The predicted octanol–water partition coefficient (Wildman–Crippen LogP) is 1.34. The molecule has 1 saturated heterocycles.